The molecule has 1 N–H and O–H groups in total. The van der Waals surface area contributed by atoms with E-state index in [1.54, 1.807) is 0 Å². The number of carbonyl (C=O) groups excluding carboxylic acids is 1. The standard InChI is InChI=1S/C20H29N5O.ClH/c1-4-17(14-16-8-6-5-7-9-16)24(3)20(26)19-15(2)25(23-22-19)18-10-12-21-13-11-18;/h5-9,17-18,21H,4,10-14H2,1-3H3;1H. The van der Waals surface area contributed by atoms with Gasteiger partial charge in [-0.2, -0.15) is 0 Å². The summed E-state index contributed by atoms with van der Waals surface area (Å²) in [6.45, 7) is 6.06. The topological polar surface area (TPSA) is 63.1 Å². The molecule has 1 atom stereocenters. The van der Waals surface area contributed by atoms with Crippen LogP contribution >= 0.6 is 12.4 Å². The van der Waals surface area contributed by atoms with E-state index in [4.69, 9.17) is 0 Å². The fourth-order valence-electron chi connectivity index (χ4n) is 3.71. The van der Waals surface area contributed by atoms with Gasteiger partial charge in [0.15, 0.2) is 5.69 Å². The largest absolute Gasteiger partial charge is 0.337 e. The Morgan fingerprint density at radius 1 is 1.30 bits per heavy atom. The van der Waals surface area contributed by atoms with E-state index in [1.165, 1.54) is 5.56 Å². The number of likely N-dealkylation sites (N-methyl/N-ethyl adjacent to an activating group) is 1. The zero-order valence-corrected chi connectivity index (χ0v) is 17.2. The first-order chi connectivity index (χ1) is 12.6. The number of aromatic nitrogens is 3. The molecule has 1 amide bonds. The molecule has 1 aliphatic heterocycles. The number of nitrogens with one attached hydrogen (secondary N) is 1. The molecule has 2 heterocycles. The van der Waals surface area contributed by atoms with E-state index in [0.29, 0.717) is 11.7 Å². The quantitative estimate of drug-likeness (QED) is 0.822. The first-order valence-corrected chi connectivity index (χ1v) is 9.55. The summed E-state index contributed by atoms with van der Waals surface area (Å²) in [7, 11) is 1.88. The van der Waals surface area contributed by atoms with E-state index in [9.17, 15) is 4.79 Å². The summed E-state index contributed by atoms with van der Waals surface area (Å²) >= 11 is 0. The van der Waals surface area contributed by atoms with Crippen molar-refractivity contribution in [2.75, 3.05) is 20.1 Å². The lowest BCUT2D eigenvalue weighted by Crippen LogP contribution is -2.38. The number of hydrogen-bond donors (Lipinski definition) is 1. The molecule has 1 unspecified atom stereocenters. The Bertz CT molecular complexity index is 727. The van der Waals surface area contributed by atoms with Gasteiger partial charge in [-0.05, 0) is 51.3 Å². The van der Waals surface area contributed by atoms with Crippen molar-refractivity contribution in [2.24, 2.45) is 0 Å². The fraction of sp³-hybridized carbons (Fsp3) is 0.550. The molecule has 1 aromatic heterocycles. The van der Waals surface area contributed by atoms with Crippen LogP contribution in [0.2, 0.25) is 0 Å². The minimum absolute atomic E-state index is 0. The van der Waals surface area contributed by atoms with Gasteiger partial charge in [-0.1, -0.05) is 42.5 Å². The normalized spacial score (nSPS) is 15.8. The number of carbonyl (C=O) groups is 1. The smallest absolute Gasteiger partial charge is 0.276 e. The SMILES string of the molecule is CCC(Cc1ccccc1)N(C)C(=O)c1nnn(C2CCNCC2)c1C.Cl. The van der Waals surface area contributed by atoms with Crippen LogP contribution in [0.5, 0.6) is 0 Å². The van der Waals surface area contributed by atoms with Crippen molar-refractivity contribution in [1.29, 1.82) is 0 Å². The number of benzene rings is 1. The van der Waals surface area contributed by atoms with Crippen molar-refractivity contribution in [3.8, 4) is 0 Å². The molecule has 6 nitrogen and oxygen atoms in total. The zero-order chi connectivity index (χ0) is 18.5. The van der Waals surface area contributed by atoms with Crippen molar-refractivity contribution < 1.29 is 4.79 Å². The van der Waals surface area contributed by atoms with Crippen LogP contribution in [0, 0.1) is 6.92 Å². The monoisotopic (exact) mass is 391 g/mol. The van der Waals surface area contributed by atoms with Gasteiger partial charge in [0.05, 0.1) is 11.7 Å². The molecule has 7 heteroatoms. The van der Waals surface area contributed by atoms with Crippen LogP contribution in [-0.4, -0.2) is 52.0 Å². The van der Waals surface area contributed by atoms with Crippen molar-refractivity contribution in [2.45, 2.75) is 51.6 Å². The first kappa shape index (κ1) is 21.4. The van der Waals surface area contributed by atoms with E-state index in [1.807, 2.05) is 41.8 Å². The third-order valence-corrected chi connectivity index (χ3v) is 5.44. The minimum Gasteiger partial charge on any atom is -0.337 e. The van der Waals surface area contributed by atoms with Crippen LogP contribution in [0.25, 0.3) is 0 Å². The second-order valence-corrected chi connectivity index (χ2v) is 7.12. The molecular weight excluding hydrogens is 362 g/mol. The zero-order valence-electron chi connectivity index (χ0n) is 16.4. The van der Waals surface area contributed by atoms with Gasteiger partial charge in [0, 0.05) is 13.1 Å². The Labute approximate surface area is 167 Å². The van der Waals surface area contributed by atoms with Crippen molar-refractivity contribution in [3.05, 3.63) is 47.3 Å². The van der Waals surface area contributed by atoms with Gasteiger partial charge in [0.25, 0.3) is 5.91 Å². The maximum Gasteiger partial charge on any atom is 0.276 e. The van der Waals surface area contributed by atoms with Crippen LogP contribution in [0.3, 0.4) is 0 Å². The van der Waals surface area contributed by atoms with Gasteiger partial charge in [0.2, 0.25) is 0 Å². The molecule has 27 heavy (non-hydrogen) atoms. The summed E-state index contributed by atoms with van der Waals surface area (Å²) in [5, 5.41) is 11.9. The number of halogens is 1. The molecule has 1 aromatic carbocycles. The third kappa shape index (κ3) is 4.87. The number of nitrogens with zero attached hydrogens (tertiary/aromatic N) is 4. The predicted octanol–water partition coefficient (Wildman–Crippen LogP) is 3.03. The maximum absolute atomic E-state index is 13.0. The number of rotatable bonds is 6. The summed E-state index contributed by atoms with van der Waals surface area (Å²) in [4.78, 5) is 14.9. The highest BCUT2D eigenvalue weighted by molar-refractivity contribution is 5.93. The van der Waals surface area contributed by atoms with Crippen molar-refractivity contribution in [3.63, 3.8) is 0 Å². The molecule has 0 spiro atoms. The molecule has 148 valence electrons. The van der Waals surface area contributed by atoms with Gasteiger partial charge in [-0.3, -0.25) is 4.79 Å². The van der Waals surface area contributed by atoms with Crippen molar-refractivity contribution >= 4 is 18.3 Å². The highest BCUT2D eigenvalue weighted by Gasteiger charge is 2.27. The summed E-state index contributed by atoms with van der Waals surface area (Å²) in [5.74, 6) is -0.0366. The molecule has 0 saturated carbocycles. The predicted molar refractivity (Wildman–Crippen MR) is 109 cm³/mol. The second kappa shape index (κ2) is 9.85. The molecule has 3 rings (SSSR count). The minimum atomic E-state index is -0.0366. The van der Waals surface area contributed by atoms with Gasteiger partial charge < -0.3 is 10.2 Å². The lowest BCUT2D eigenvalue weighted by atomic mass is 10.0. The molecule has 0 bridgehead atoms. The average Bonchev–Trinajstić information content (AvgIpc) is 3.08. The fourth-order valence-corrected chi connectivity index (χ4v) is 3.71. The van der Waals surface area contributed by atoms with Gasteiger partial charge in [-0.25, -0.2) is 4.68 Å². The van der Waals surface area contributed by atoms with Gasteiger partial charge >= 0.3 is 0 Å². The Balaban J connectivity index is 0.00000261. The van der Waals surface area contributed by atoms with Crippen LogP contribution in [0.4, 0.5) is 0 Å². The maximum atomic E-state index is 13.0. The lowest BCUT2D eigenvalue weighted by Gasteiger charge is -2.27. The summed E-state index contributed by atoms with van der Waals surface area (Å²) < 4.78 is 1.94. The van der Waals surface area contributed by atoms with E-state index >= 15 is 0 Å². The van der Waals surface area contributed by atoms with Crippen LogP contribution in [0.15, 0.2) is 30.3 Å². The van der Waals surface area contributed by atoms with E-state index in [0.717, 1.165) is 44.5 Å². The Morgan fingerprint density at radius 2 is 1.96 bits per heavy atom. The number of amides is 1. The Hall–Kier alpha value is -1.92. The number of hydrogen-bond acceptors (Lipinski definition) is 4. The molecule has 2 aromatic rings. The van der Waals surface area contributed by atoms with E-state index in [-0.39, 0.29) is 24.4 Å². The van der Waals surface area contributed by atoms with Crippen LogP contribution in [-0.2, 0) is 6.42 Å². The molecule has 0 aliphatic carbocycles. The van der Waals surface area contributed by atoms with E-state index in [2.05, 4.69) is 34.7 Å². The van der Waals surface area contributed by atoms with Gasteiger partial charge in [-0.15, -0.1) is 17.5 Å². The summed E-state index contributed by atoms with van der Waals surface area (Å²) in [6, 6.07) is 10.8. The lowest BCUT2D eigenvalue weighted by molar-refractivity contribution is 0.0720. The summed E-state index contributed by atoms with van der Waals surface area (Å²) in [6.07, 6.45) is 3.80. The first-order valence-electron chi connectivity index (χ1n) is 9.55. The van der Waals surface area contributed by atoms with Crippen LogP contribution < -0.4 is 5.32 Å². The molecular formula is C20H30ClN5O. The van der Waals surface area contributed by atoms with Crippen molar-refractivity contribution in [1.82, 2.24) is 25.2 Å². The highest BCUT2D eigenvalue weighted by atomic mass is 35.5. The van der Waals surface area contributed by atoms with Gasteiger partial charge in [0.1, 0.15) is 0 Å². The van der Waals surface area contributed by atoms with Crippen LogP contribution in [0.1, 0.15) is 54.0 Å². The Morgan fingerprint density at radius 3 is 2.59 bits per heavy atom. The Kier molecular flexibility index (Phi) is 7.80. The summed E-state index contributed by atoms with van der Waals surface area (Å²) in [5.41, 5.74) is 2.61. The molecule has 1 fully saturated rings. The number of piperidine rings is 1. The van der Waals surface area contributed by atoms with E-state index < -0.39 is 0 Å². The highest BCUT2D eigenvalue weighted by Crippen LogP contribution is 2.21. The molecule has 1 aliphatic rings. The molecule has 0 radical (unpaired) electrons. The molecule has 1 saturated heterocycles. The third-order valence-electron chi connectivity index (χ3n) is 5.44. The average molecular weight is 392 g/mol. The second-order valence-electron chi connectivity index (χ2n) is 7.12.